The monoisotopic (exact) mass is 315 g/mol. The molecule has 0 aliphatic rings. The number of hydrogen-bond donors (Lipinski definition) is 4. The van der Waals surface area contributed by atoms with E-state index < -0.39 is 15.8 Å². The quantitative estimate of drug-likeness (QED) is 0.609. The number of aromatic amines is 1. The maximum absolute atomic E-state index is 12.1. The fraction of sp³-hybridized carbons (Fsp3) is 0.692. The molecular weight excluding hydrogens is 290 g/mol. The van der Waals surface area contributed by atoms with Crippen LogP contribution in [0.3, 0.4) is 0 Å². The van der Waals surface area contributed by atoms with E-state index in [4.69, 9.17) is 10.5 Å². The second kappa shape index (κ2) is 7.04. The van der Waals surface area contributed by atoms with Crippen molar-refractivity contribution in [2.24, 2.45) is 11.1 Å². The van der Waals surface area contributed by atoms with Crippen molar-refractivity contribution in [3.8, 4) is 0 Å². The van der Waals surface area contributed by atoms with Gasteiger partial charge in [0.1, 0.15) is 5.82 Å². The highest BCUT2D eigenvalue weighted by molar-refractivity contribution is 7.92. The van der Waals surface area contributed by atoms with Crippen molar-refractivity contribution >= 4 is 21.5 Å². The van der Waals surface area contributed by atoms with Crippen molar-refractivity contribution in [1.82, 2.24) is 10.2 Å². The third-order valence-electron chi connectivity index (χ3n) is 3.04. The minimum absolute atomic E-state index is 0.0455. The summed E-state index contributed by atoms with van der Waals surface area (Å²) in [7, 11) is -2.69. The molecular formula is C13H25N5O2S. The van der Waals surface area contributed by atoms with Crippen LogP contribution in [0.15, 0.2) is 12.3 Å². The van der Waals surface area contributed by atoms with Crippen LogP contribution in [0.2, 0.25) is 0 Å². The molecule has 0 saturated heterocycles. The van der Waals surface area contributed by atoms with Crippen LogP contribution in [0.1, 0.15) is 33.6 Å². The molecule has 1 amide bonds. The summed E-state index contributed by atoms with van der Waals surface area (Å²) in [6.45, 7) is 6.14. The molecule has 0 aliphatic heterocycles. The third kappa shape index (κ3) is 7.24. The third-order valence-corrected chi connectivity index (χ3v) is 4.79. The molecule has 0 spiro atoms. The van der Waals surface area contributed by atoms with E-state index in [2.05, 4.69) is 15.5 Å². The number of aromatic nitrogens is 2. The predicted molar refractivity (Wildman–Crippen MR) is 84.5 cm³/mol. The van der Waals surface area contributed by atoms with E-state index >= 15 is 0 Å². The average molecular weight is 315 g/mol. The molecule has 1 unspecified atom stereocenters. The van der Waals surface area contributed by atoms with Crippen molar-refractivity contribution in [3.05, 3.63) is 12.3 Å². The van der Waals surface area contributed by atoms with Crippen molar-refractivity contribution in [2.75, 3.05) is 16.8 Å². The summed E-state index contributed by atoms with van der Waals surface area (Å²) >= 11 is 0. The van der Waals surface area contributed by atoms with E-state index in [0.29, 0.717) is 18.0 Å². The molecule has 21 heavy (non-hydrogen) atoms. The second-order valence-electron chi connectivity index (χ2n) is 6.39. The zero-order chi connectivity index (χ0) is 16.1. The number of carbonyl (C=O) groups is 1. The zero-order valence-corrected chi connectivity index (χ0v) is 13.6. The molecule has 1 heterocycles. The fourth-order valence-electron chi connectivity index (χ4n) is 1.57. The fourth-order valence-corrected chi connectivity index (χ4v) is 3.35. The average Bonchev–Trinajstić information content (AvgIpc) is 2.86. The first-order valence-electron chi connectivity index (χ1n) is 6.89. The Balaban J connectivity index is 2.41. The molecule has 0 aliphatic carbocycles. The molecule has 0 saturated carbocycles. The van der Waals surface area contributed by atoms with Crippen LogP contribution in [0, 0.1) is 10.2 Å². The topological polar surface area (TPSA) is 125 Å². The zero-order valence-electron chi connectivity index (χ0n) is 12.8. The number of carbonyl (C=O) groups excluding carboxylic acids is 1. The van der Waals surface area contributed by atoms with Gasteiger partial charge in [-0.25, -0.2) is 4.21 Å². The molecule has 1 aromatic heterocycles. The molecule has 1 aromatic rings. The van der Waals surface area contributed by atoms with Crippen molar-refractivity contribution in [3.63, 3.8) is 0 Å². The van der Waals surface area contributed by atoms with Crippen molar-refractivity contribution < 1.29 is 9.00 Å². The molecule has 0 bridgehead atoms. The van der Waals surface area contributed by atoms with Gasteiger partial charge in [0, 0.05) is 27.3 Å². The van der Waals surface area contributed by atoms with E-state index in [9.17, 15) is 9.00 Å². The second-order valence-corrected chi connectivity index (χ2v) is 8.83. The highest BCUT2D eigenvalue weighted by Gasteiger charge is 2.19. The first-order chi connectivity index (χ1) is 9.59. The van der Waals surface area contributed by atoms with Gasteiger partial charge in [-0.3, -0.25) is 14.7 Å². The van der Waals surface area contributed by atoms with E-state index in [-0.39, 0.29) is 23.5 Å². The van der Waals surface area contributed by atoms with Gasteiger partial charge in [0.25, 0.3) is 0 Å². The SMILES string of the molecule is CC(C)(C)CCS(=N)(=O)CC[C@H](N)C(=O)Nc1ccn[nH]1. The summed E-state index contributed by atoms with van der Waals surface area (Å²) in [4.78, 5) is 11.8. The molecule has 2 atom stereocenters. The summed E-state index contributed by atoms with van der Waals surface area (Å²) in [5, 5.41) is 8.89. The van der Waals surface area contributed by atoms with Gasteiger partial charge in [0.2, 0.25) is 5.91 Å². The Morgan fingerprint density at radius 2 is 2.19 bits per heavy atom. The maximum Gasteiger partial charge on any atom is 0.242 e. The smallest absolute Gasteiger partial charge is 0.242 e. The molecule has 1 rings (SSSR count). The van der Waals surface area contributed by atoms with E-state index in [0.717, 1.165) is 0 Å². The number of hydrogen-bond acceptors (Lipinski definition) is 5. The minimum atomic E-state index is -2.69. The highest BCUT2D eigenvalue weighted by Crippen LogP contribution is 2.20. The van der Waals surface area contributed by atoms with Gasteiger partial charge in [0.05, 0.1) is 12.2 Å². The Bertz CT molecular complexity index is 546. The number of amides is 1. The predicted octanol–water partition coefficient (Wildman–Crippen LogP) is 1.55. The largest absolute Gasteiger partial charge is 0.320 e. The number of nitrogens with two attached hydrogens (primary N) is 1. The number of nitrogens with one attached hydrogen (secondary N) is 3. The van der Waals surface area contributed by atoms with Crippen LogP contribution in [-0.4, -0.2) is 37.9 Å². The summed E-state index contributed by atoms with van der Waals surface area (Å²) < 4.78 is 20.0. The summed E-state index contributed by atoms with van der Waals surface area (Å²) in [5.41, 5.74) is 5.81. The molecule has 7 nitrogen and oxygen atoms in total. The molecule has 0 radical (unpaired) electrons. The summed E-state index contributed by atoms with van der Waals surface area (Å²) in [6, 6.07) is 0.829. The van der Waals surface area contributed by atoms with Gasteiger partial charge < -0.3 is 11.1 Å². The lowest BCUT2D eigenvalue weighted by Crippen LogP contribution is -2.37. The van der Waals surface area contributed by atoms with Gasteiger partial charge in [0.15, 0.2) is 0 Å². The van der Waals surface area contributed by atoms with Gasteiger partial charge in [-0.1, -0.05) is 20.8 Å². The van der Waals surface area contributed by atoms with Crippen LogP contribution in [0.4, 0.5) is 5.82 Å². The van der Waals surface area contributed by atoms with Gasteiger partial charge in [-0.05, 0) is 18.3 Å². The Labute approximate surface area is 126 Å². The maximum atomic E-state index is 12.1. The van der Waals surface area contributed by atoms with Gasteiger partial charge in [-0.2, -0.15) is 5.10 Å². The van der Waals surface area contributed by atoms with Gasteiger partial charge in [-0.15, -0.1) is 0 Å². The lowest BCUT2D eigenvalue weighted by atomic mass is 9.94. The van der Waals surface area contributed by atoms with Crippen LogP contribution in [-0.2, 0) is 14.5 Å². The van der Waals surface area contributed by atoms with Gasteiger partial charge >= 0.3 is 0 Å². The van der Waals surface area contributed by atoms with Crippen LogP contribution in [0.25, 0.3) is 0 Å². The molecule has 0 aromatic carbocycles. The van der Waals surface area contributed by atoms with E-state index in [1.54, 1.807) is 6.07 Å². The van der Waals surface area contributed by atoms with E-state index in [1.807, 2.05) is 20.8 Å². The summed E-state index contributed by atoms with van der Waals surface area (Å²) in [5.74, 6) is 0.575. The summed E-state index contributed by atoms with van der Waals surface area (Å²) in [6.07, 6.45) is 2.46. The van der Waals surface area contributed by atoms with Crippen LogP contribution < -0.4 is 11.1 Å². The minimum Gasteiger partial charge on any atom is -0.320 e. The first-order valence-corrected chi connectivity index (χ1v) is 8.79. The molecule has 0 fully saturated rings. The Morgan fingerprint density at radius 3 is 2.71 bits per heavy atom. The van der Waals surface area contributed by atoms with Crippen molar-refractivity contribution in [2.45, 2.75) is 39.7 Å². The molecule has 8 heteroatoms. The number of H-pyrrole nitrogens is 1. The van der Waals surface area contributed by atoms with Crippen molar-refractivity contribution in [1.29, 1.82) is 4.78 Å². The molecule has 120 valence electrons. The highest BCUT2D eigenvalue weighted by atomic mass is 32.2. The standard InChI is InChI=1S/C13H25N5O2S/c1-13(2,3)6-9-21(15,20)8-5-10(14)12(19)17-11-4-7-16-18-11/h4,7,10,15H,5-6,8-9,14H2,1-3H3,(H2,16,17,18,19)/t10-,21?/m0/s1. The number of anilines is 1. The number of rotatable bonds is 7. The Morgan fingerprint density at radius 1 is 1.52 bits per heavy atom. The molecule has 5 N–H and O–H groups in total. The van der Waals surface area contributed by atoms with Crippen LogP contribution in [0.5, 0.6) is 0 Å². The van der Waals surface area contributed by atoms with Crippen LogP contribution >= 0.6 is 0 Å². The number of nitrogens with zero attached hydrogens (tertiary/aromatic N) is 1. The first kappa shape index (κ1) is 17.6. The van der Waals surface area contributed by atoms with E-state index in [1.165, 1.54) is 6.20 Å². The Hall–Kier alpha value is -1.41. The lowest BCUT2D eigenvalue weighted by molar-refractivity contribution is -0.117. The Kier molecular flexibility index (Phi) is 5.91. The lowest BCUT2D eigenvalue weighted by Gasteiger charge is -2.19. The normalized spacial score (nSPS) is 16.2.